The Labute approximate surface area is 350 Å². The number of carboxylic acid groups (broad SMARTS) is 3. The van der Waals surface area contributed by atoms with Gasteiger partial charge in [-0.05, 0) is 124 Å². The zero-order valence-corrected chi connectivity index (χ0v) is 34.3. The van der Waals surface area contributed by atoms with E-state index in [4.69, 9.17) is 34.7 Å². The summed E-state index contributed by atoms with van der Waals surface area (Å²) in [5.41, 5.74) is 5.50. The summed E-state index contributed by atoms with van der Waals surface area (Å²) >= 11 is 0. The van der Waals surface area contributed by atoms with E-state index >= 15 is 0 Å². The Bertz CT molecular complexity index is 2160. The summed E-state index contributed by atoms with van der Waals surface area (Å²) in [6.45, 7) is 12.9. The predicted molar refractivity (Wildman–Crippen MR) is 207 cm³/mol. The van der Waals surface area contributed by atoms with Crippen LogP contribution in [0.1, 0.15) is 56.6 Å². The highest BCUT2D eigenvalue weighted by Gasteiger charge is 2.39. The molecule has 4 N–H and O–H groups in total. The van der Waals surface area contributed by atoms with E-state index in [1.807, 2.05) is 18.2 Å². The molecule has 12 nitrogen and oxygen atoms in total. The molecule has 4 aromatic rings. The lowest BCUT2D eigenvalue weighted by Gasteiger charge is -2.42. The number of likely N-dealkylation sites (tertiary alicyclic amines) is 2. The number of benzene rings is 3. The molecule has 0 bridgehead atoms. The molecule has 0 spiro atoms. The SMILES string of the molecule is Cc1cc(C2CCN(C3CCN(CC(C)C)CC3)CC2)cc2[nH]c(-c3ccc(S(=O)(=O)c4ccccc4)cc3)nc12.O=C(O)C(F)(F)F.O=C(O)C(F)(F)F.O=C(O)C(F)(F)F. The second kappa shape index (κ2) is 21.2. The summed E-state index contributed by atoms with van der Waals surface area (Å²) in [7, 11) is -3.54. The van der Waals surface area contributed by atoms with Gasteiger partial charge in [-0.1, -0.05) is 38.1 Å². The number of halogens is 9. The van der Waals surface area contributed by atoms with Gasteiger partial charge in [0.15, 0.2) is 0 Å². The van der Waals surface area contributed by atoms with Crippen molar-refractivity contribution in [1.82, 2.24) is 19.8 Å². The molecule has 0 atom stereocenters. The van der Waals surface area contributed by atoms with Gasteiger partial charge in [0.2, 0.25) is 9.84 Å². The molecule has 342 valence electrons. The van der Waals surface area contributed by atoms with Gasteiger partial charge < -0.3 is 30.1 Å². The molecule has 2 saturated heterocycles. The van der Waals surface area contributed by atoms with Gasteiger partial charge in [-0.15, -0.1) is 0 Å². The smallest absolute Gasteiger partial charge is 0.475 e. The molecule has 0 unspecified atom stereocenters. The number of carboxylic acids is 3. The topological polar surface area (TPSA) is 181 Å². The van der Waals surface area contributed by atoms with E-state index in [0.29, 0.717) is 10.8 Å². The van der Waals surface area contributed by atoms with Crippen LogP contribution in [0.5, 0.6) is 0 Å². The number of hydrogen-bond donors (Lipinski definition) is 4. The monoisotopic (exact) mass is 912 g/mol. The lowest BCUT2D eigenvalue weighted by Crippen LogP contribution is -2.48. The summed E-state index contributed by atoms with van der Waals surface area (Å²) < 4.78 is 121. The van der Waals surface area contributed by atoms with Gasteiger partial charge >= 0.3 is 36.4 Å². The molecule has 1 aromatic heterocycles. The van der Waals surface area contributed by atoms with Crippen molar-refractivity contribution in [1.29, 1.82) is 0 Å². The van der Waals surface area contributed by atoms with Crippen molar-refractivity contribution in [3.63, 3.8) is 0 Å². The first-order valence-corrected chi connectivity index (χ1v) is 20.4. The maximum Gasteiger partial charge on any atom is 0.490 e. The van der Waals surface area contributed by atoms with Gasteiger partial charge in [-0.2, -0.15) is 39.5 Å². The minimum atomic E-state index is -5.08. The van der Waals surface area contributed by atoms with Gasteiger partial charge in [0.1, 0.15) is 5.82 Å². The van der Waals surface area contributed by atoms with Crippen LogP contribution in [0.2, 0.25) is 0 Å². The predicted octanol–water partition coefficient (Wildman–Crippen LogP) is 8.57. The summed E-state index contributed by atoms with van der Waals surface area (Å²) in [5.74, 6) is -6.18. The van der Waals surface area contributed by atoms with Crippen LogP contribution in [0.15, 0.2) is 76.5 Å². The average Bonchev–Trinajstić information content (AvgIpc) is 3.63. The molecule has 6 rings (SSSR count). The first-order valence-electron chi connectivity index (χ1n) is 18.9. The number of sulfone groups is 1. The van der Waals surface area contributed by atoms with Crippen molar-refractivity contribution in [2.75, 3.05) is 32.7 Å². The zero-order chi connectivity index (χ0) is 46.8. The highest BCUT2D eigenvalue weighted by Crippen LogP contribution is 2.34. The van der Waals surface area contributed by atoms with Crippen LogP contribution >= 0.6 is 0 Å². The number of hydrogen-bond acceptors (Lipinski definition) is 8. The van der Waals surface area contributed by atoms with Crippen molar-refractivity contribution in [2.45, 2.75) is 86.7 Å². The fourth-order valence-electron chi connectivity index (χ4n) is 6.80. The number of nitrogens with zero attached hydrogens (tertiary/aromatic N) is 3. The van der Waals surface area contributed by atoms with Crippen molar-refractivity contribution in [3.05, 3.63) is 77.9 Å². The molecule has 62 heavy (non-hydrogen) atoms. The van der Waals surface area contributed by atoms with E-state index in [-0.39, 0.29) is 4.90 Å². The number of carbonyl (C=O) groups is 3. The Morgan fingerprint density at radius 1 is 0.726 bits per heavy atom. The summed E-state index contributed by atoms with van der Waals surface area (Å²) in [4.78, 5) is 41.1. The normalized spacial score (nSPS) is 16.0. The van der Waals surface area contributed by atoms with E-state index in [1.54, 1.807) is 36.4 Å². The van der Waals surface area contributed by atoms with Crippen LogP contribution in [-0.4, -0.2) is 119 Å². The largest absolute Gasteiger partial charge is 0.490 e. The van der Waals surface area contributed by atoms with Crippen LogP contribution in [-0.2, 0) is 24.2 Å². The van der Waals surface area contributed by atoms with Crippen molar-refractivity contribution in [3.8, 4) is 11.4 Å². The van der Waals surface area contributed by atoms with E-state index in [9.17, 15) is 47.9 Å². The van der Waals surface area contributed by atoms with Gasteiger partial charge in [-0.25, -0.2) is 27.8 Å². The van der Waals surface area contributed by atoms with E-state index in [1.165, 1.54) is 69.5 Å². The number of aryl methyl sites for hydroxylation is 1. The molecular weight excluding hydrogens is 868 g/mol. The van der Waals surface area contributed by atoms with Crippen LogP contribution in [0, 0.1) is 12.8 Å². The third-order valence-corrected chi connectivity index (χ3v) is 11.5. The lowest BCUT2D eigenvalue weighted by molar-refractivity contribution is -0.193. The third-order valence-electron chi connectivity index (χ3n) is 9.72. The minimum absolute atomic E-state index is 0.287. The molecular formula is C40H45F9N4O8S. The highest BCUT2D eigenvalue weighted by atomic mass is 32.2. The number of imidazole rings is 1. The van der Waals surface area contributed by atoms with Gasteiger partial charge in [0, 0.05) is 18.2 Å². The summed E-state index contributed by atoms with van der Waals surface area (Å²) in [6, 6.07) is 20.9. The number of aromatic nitrogens is 2. The minimum Gasteiger partial charge on any atom is -0.475 e. The van der Waals surface area contributed by atoms with Crippen molar-refractivity contribution < 1.29 is 77.6 Å². The van der Waals surface area contributed by atoms with Crippen LogP contribution in [0.4, 0.5) is 39.5 Å². The molecule has 0 aliphatic carbocycles. The van der Waals surface area contributed by atoms with E-state index < -0.39 is 46.3 Å². The number of aromatic amines is 1. The van der Waals surface area contributed by atoms with Gasteiger partial charge in [0.25, 0.3) is 0 Å². The number of piperidine rings is 2. The fourth-order valence-corrected chi connectivity index (χ4v) is 8.08. The fraction of sp³-hybridized carbons (Fsp3) is 0.450. The molecule has 2 aliphatic rings. The molecule has 3 heterocycles. The average molecular weight is 913 g/mol. The standard InChI is InChI=1S/C34H42N4O2S.3C2HF3O2/c1-24(2)23-37-17-15-29(16-18-37)38-19-13-26(14-20-38)28-21-25(3)33-32(22-28)35-34(36-33)27-9-11-31(12-10-27)41(39,40)30-7-5-4-6-8-30;3*3-2(4,5)1(6)7/h4-12,21-22,24,26,29H,13-20,23H2,1-3H3,(H,35,36);3*(H,6,7). The van der Waals surface area contributed by atoms with Crippen LogP contribution in [0.3, 0.4) is 0 Å². The Kier molecular flexibility index (Phi) is 17.5. The molecule has 2 fully saturated rings. The second-order valence-corrected chi connectivity index (χ2v) is 16.8. The molecule has 2 aliphatic heterocycles. The number of rotatable bonds is 7. The first kappa shape index (κ1) is 51.1. The van der Waals surface area contributed by atoms with E-state index in [2.05, 4.69) is 47.7 Å². The lowest BCUT2D eigenvalue weighted by atomic mass is 9.87. The Morgan fingerprint density at radius 3 is 1.61 bits per heavy atom. The second-order valence-electron chi connectivity index (χ2n) is 14.8. The maximum atomic E-state index is 13.0. The first-order chi connectivity index (χ1) is 28.6. The van der Waals surface area contributed by atoms with Crippen LogP contribution in [0.25, 0.3) is 22.4 Å². The zero-order valence-electron chi connectivity index (χ0n) is 33.5. The molecule has 0 radical (unpaired) electrons. The number of alkyl halides is 9. The molecule has 22 heteroatoms. The number of fused-ring (bicyclic) bond motifs is 1. The third kappa shape index (κ3) is 15.0. The van der Waals surface area contributed by atoms with Crippen molar-refractivity contribution >= 4 is 38.8 Å². The van der Waals surface area contributed by atoms with Gasteiger partial charge in [-0.3, -0.25) is 0 Å². The summed E-state index contributed by atoms with van der Waals surface area (Å²) in [5, 5.41) is 21.4. The van der Waals surface area contributed by atoms with Gasteiger partial charge in [0.05, 0.1) is 20.8 Å². The Hall–Kier alpha value is -5.22. The Morgan fingerprint density at radius 2 is 1.18 bits per heavy atom. The number of H-pyrrole nitrogens is 1. The number of nitrogens with one attached hydrogen (secondary N) is 1. The maximum absolute atomic E-state index is 13.0. The highest BCUT2D eigenvalue weighted by molar-refractivity contribution is 7.91. The molecule has 0 amide bonds. The Balaban J connectivity index is 0.000000403. The summed E-state index contributed by atoms with van der Waals surface area (Å²) in [6.07, 6.45) is -10.2. The molecule has 3 aromatic carbocycles. The number of aliphatic carboxylic acids is 3. The molecule has 0 saturated carbocycles. The van der Waals surface area contributed by atoms with E-state index in [0.717, 1.165) is 34.4 Å². The van der Waals surface area contributed by atoms with Crippen molar-refractivity contribution in [2.24, 2.45) is 5.92 Å². The quantitative estimate of drug-likeness (QED) is 0.131. The van der Waals surface area contributed by atoms with Crippen LogP contribution < -0.4 is 0 Å².